The number of ether oxygens (including phenoxy) is 1. The summed E-state index contributed by atoms with van der Waals surface area (Å²) in [4.78, 5) is 13.5. The van der Waals surface area contributed by atoms with E-state index in [0.717, 1.165) is 23.0 Å². The van der Waals surface area contributed by atoms with Crippen molar-refractivity contribution in [2.45, 2.75) is 45.8 Å². The van der Waals surface area contributed by atoms with Gasteiger partial charge in [-0.2, -0.15) is 0 Å². The van der Waals surface area contributed by atoms with E-state index in [1.165, 1.54) is 5.56 Å². The van der Waals surface area contributed by atoms with Crippen molar-refractivity contribution in [2.75, 3.05) is 12.4 Å². The number of hydrogen-bond acceptors (Lipinski definition) is 5. The summed E-state index contributed by atoms with van der Waals surface area (Å²) in [5.74, 6) is 1.61. The SMILES string of the molecule is COCc1cc(NC(C)c2cccc(-n3ccnc3)c2)nc(C(C)(C)C)n1. The third-order valence-electron chi connectivity index (χ3n) is 4.28. The minimum absolute atomic E-state index is 0.0894. The second-order valence-corrected chi connectivity index (χ2v) is 7.68. The van der Waals surface area contributed by atoms with E-state index in [2.05, 4.69) is 67.2 Å². The fraction of sp³-hybridized carbons (Fsp3) is 0.381. The quantitative estimate of drug-likeness (QED) is 0.706. The van der Waals surface area contributed by atoms with Gasteiger partial charge in [-0.3, -0.25) is 0 Å². The van der Waals surface area contributed by atoms with Crippen molar-refractivity contribution in [2.24, 2.45) is 0 Å². The van der Waals surface area contributed by atoms with E-state index in [1.807, 2.05) is 16.8 Å². The maximum Gasteiger partial charge on any atom is 0.136 e. The molecule has 0 aliphatic heterocycles. The van der Waals surface area contributed by atoms with Crippen molar-refractivity contribution < 1.29 is 4.74 Å². The first kappa shape index (κ1) is 19.0. The first-order valence-electron chi connectivity index (χ1n) is 9.09. The van der Waals surface area contributed by atoms with Gasteiger partial charge >= 0.3 is 0 Å². The maximum absolute atomic E-state index is 5.27. The molecule has 3 aromatic rings. The largest absolute Gasteiger partial charge is 0.378 e. The molecule has 1 aromatic carbocycles. The predicted molar refractivity (Wildman–Crippen MR) is 107 cm³/mol. The Kier molecular flexibility index (Phi) is 5.56. The molecule has 0 saturated carbocycles. The maximum atomic E-state index is 5.27. The van der Waals surface area contributed by atoms with Crippen LogP contribution in [0.5, 0.6) is 0 Å². The molecule has 27 heavy (non-hydrogen) atoms. The molecule has 1 atom stereocenters. The van der Waals surface area contributed by atoms with Gasteiger partial charge in [0.15, 0.2) is 0 Å². The van der Waals surface area contributed by atoms with E-state index in [-0.39, 0.29) is 11.5 Å². The number of hydrogen-bond donors (Lipinski definition) is 1. The zero-order chi connectivity index (χ0) is 19.4. The number of anilines is 1. The van der Waals surface area contributed by atoms with Crippen molar-refractivity contribution in [3.63, 3.8) is 0 Å². The molecule has 1 N–H and O–H groups in total. The normalized spacial score (nSPS) is 12.8. The topological polar surface area (TPSA) is 64.9 Å². The highest BCUT2D eigenvalue weighted by Gasteiger charge is 2.20. The lowest BCUT2D eigenvalue weighted by atomic mass is 9.95. The highest BCUT2D eigenvalue weighted by atomic mass is 16.5. The fourth-order valence-corrected chi connectivity index (χ4v) is 2.80. The average Bonchev–Trinajstić information content (AvgIpc) is 3.16. The predicted octanol–water partition coefficient (Wildman–Crippen LogP) is 4.28. The number of methoxy groups -OCH3 is 1. The van der Waals surface area contributed by atoms with Crippen LogP contribution in [0.2, 0.25) is 0 Å². The summed E-state index contributed by atoms with van der Waals surface area (Å²) in [7, 11) is 1.68. The lowest BCUT2D eigenvalue weighted by Crippen LogP contribution is -2.19. The molecule has 2 aromatic heterocycles. The van der Waals surface area contributed by atoms with E-state index in [9.17, 15) is 0 Å². The Hall–Kier alpha value is -2.73. The Morgan fingerprint density at radius 3 is 2.67 bits per heavy atom. The molecule has 3 rings (SSSR count). The van der Waals surface area contributed by atoms with Gasteiger partial charge < -0.3 is 14.6 Å². The Bertz CT molecular complexity index is 884. The summed E-state index contributed by atoms with van der Waals surface area (Å²) in [5.41, 5.74) is 2.99. The lowest BCUT2D eigenvalue weighted by Gasteiger charge is -2.21. The molecular formula is C21H27N5O. The van der Waals surface area contributed by atoms with Crippen LogP contribution in [0.25, 0.3) is 5.69 Å². The molecule has 2 heterocycles. The van der Waals surface area contributed by atoms with Crippen LogP contribution in [-0.4, -0.2) is 26.6 Å². The van der Waals surface area contributed by atoms with Gasteiger partial charge in [0.25, 0.3) is 0 Å². The van der Waals surface area contributed by atoms with Gasteiger partial charge in [-0.1, -0.05) is 32.9 Å². The third-order valence-corrected chi connectivity index (χ3v) is 4.28. The molecule has 0 aliphatic rings. The molecule has 1 unspecified atom stereocenters. The monoisotopic (exact) mass is 365 g/mol. The summed E-state index contributed by atoms with van der Waals surface area (Å²) < 4.78 is 7.27. The van der Waals surface area contributed by atoms with E-state index >= 15 is 0 Å². The Morgan fingerprint density at radius 1 is 1.19 bits per heavy atom. The summed E-state index contributed by atoms with van der Waals surface area (Å²) in [6.07, 6.45) is 5.52. The third kappa shape index (κ3) is 4.71. The zero-order valence-electron chi connectivity index (χ0n) is 16.6. The molecule has 0 saturated heterocycles. The molecule has 0 bridgehead atoms. The van der Waals surface area contributed by atoms with E-state index in [4.69, 9.17) is 9.72 Å². The molecule has 0 amide bonds. The Balaban J connectivity index is 1.86. The van der Waals surface area contributed by atoms with E-state index < -0.39 is 0 Å². The minimum atomic E-state index is -0.134. The highest BCUT2D eigenvalue weighted by molar-refractivity contribution is 5.43. The Labute approximate surface area is 160 Å². The average molecular weight is 365 g/mol. The minimum Gasteiger partial charge on any atom is -0.378 e. The first-order chi connectivity index (χ1) is 12.9. The number of nitrogens with one attached hydrogen (secondary N) is 1. The van der Waals surface area contributed by atoms with Gasteiger partial charge in [0.05, 0.1) is 24.7 Å². The molecule has 142 valence electrons. The molecule has 6 nitrogen and oxygen atoms in total. The van der Waals surface area contributed by atoms with Gasteiger partial charge in [-0.25, -0.2) is 15.0 Å². The van der Waals surface area contributed by atoms with Gasteiger partial charge in [-0.15, -0.1) is 0 Å². The van der Waals surface area contributed by atoms with Crippen molar-refractivity contribution in [3.05, 3.63) is 66.1 Å². The smallest absolute Gasteiger partial charge is 0.136 e. The second-order valence-electron chi connectivity index (χ2n) is 7.68. The fourth-order valence-electron chi connectivity index (χ4n) is 2.80. The van der Waals surface area contributed by atoms with Gasteiger partial charge in [0.2, 0.25) is 0 Å². The van der Waals surface area contributed by atoms with Gasteiger partial charge in [-0.05, 0) is 24.6 Å². The molecular weight excluding hydrogens is 338 g/mol. The summed E-state index contributed by atoms with van der Waals surface area (Å²) in [6.45, 7) is 8.93. The van der Waals surface area contributed by atoms with Crippen molar-refractivity contribution in [1.82, 2.24) is 19.5 Å². The van der Waals surface area contributed by atoms with Crippen LogP contribution in [0.4, 0.5) is 5.82 Å². The lowest BCUT2D eigenvalue weighted by molar-refractivity contribution is 0.181. The second kappa shape index (κ2) is 7.88. The standard InChI is InChI=1S/C21H27N5O/c1-15(16-7-6-8-18(11-16)26-10-9-22-14-26)23-19-12-17(13-27-5)24-20(25-19)21(2,3)4/h6-12,14-15H,13H2,1-5H3,(H,23,24,25). The summed E-state index contributed by atoms with van der Waals surface area (Å²) >= 11 is 0. The molecule has 0 aliphatic carbocycles. The van der Waals surface area contributed by atoms with Crippen molar-refractivity contribution >= 4 is 5.82 Å². The number of imidazole rings is 1. The van der Waals surface area contributed by atoms with E-state index in [0.29, 0.717) is 6.61 Å². The van der Waals surface area contributed by atoms with Crippen LogP contribution < -0.4 is 5.32 Å². The van der Waals surface area contributed by atoms with Crippen LogP contribution in [0, 0.1) is 0 Å². The van der Waals surface area contributed by atoms with Gasteiger partial charge in [0.1, 0.15) is 11.6 Å². The first-order valence-corrected chi connectivity index (χ1v) is 9.09. The number of nitrogens with zero attached hydrogens (tertiary/aromatic N) is 4. The van der Waals surface area contributed by atoms with E-state index in [1.54, 1.807) is 19.6 Å². The summed E-state index contributed by atoms with van der Waals surface area (Å²) in [5, 5.41) is 3.51. The highest BCUT2D eigenvalue weighted by Crippen LogP contribution is 2.24. The van der Waals surface area contributed by atoms with Crippen molar-refractivity contribution in [3.8, 4) is 5.69 Å². The van der Waals surface area contributed by atoms with Crippen LogP contribution >= 0.6 is 0 Å². The van der Waals surface area contributed by atoms with Crippen molar-refractivity contribution in [1.29, 1.82) is 0 Å². The van der Waals surface area contributed by atoms with Crippen LogP contribution in [0.15, 0.2) is 49.1 Å². The molecule has 6 heteroatoms. The van der Waals surface area contributed by atoms with Crippen LogP contribution in [0.1, 0.15) is 50.8 Å². The molecule has 0 spiro atoms. The molecule has 0 radical (unpaired) electrons. The Morgan fingerprint density at radius 2 is 2.00 bits per heavy atom. The van der Waals surface area contributed by atoms with Gasteiger partial charge in [0, 0.05) is 36.7 Å². The number of benzene rings is 1. The number of rotatable bonds is 6. The van der Waals surface area contributed by atoms with Crippen LogP contribution in [0.3, 0.4) is 0 Å². The zero-order valence-corrected chi connectivity index (χ0v) is 16.6. The summed E-state index contributed by atoms with van der Waals surface area (Å²) in [6, 6.07) is 10.4. The number of aromatic nitrogens is 4. The van der Waals surface area contributed by atoms with Crippen LogP contribution in [-0.2, 0) is 16.8 Å². The molecule has 0 fully saturated rings.